The van der Waals surface area contributed by atoms with Crippen molar-refractivity contribution in [3.05, 3.63) is 72.7 Å². The van der Waals surface area contributed by atoms with Gasteiger partial charge in [0.1, 0.15) is 5.75 Å². The van der Waals surface area contributed by atoms with E-state index in [0.29, 0.717) is 23.0 Å². The maximum atomic E-state index is 12.6. The van der Waals surface area contributed by atoms with Crippen molar-refractivity contribution in [2.75, 3.05) is 0 Å². The fourth-order valence-electron chi connectivity index (χ4n) is 2.35. The standard InChI is InChI=1S/C19H11F3N4O2/c20-19(21,22)14-3-6-16(24-11-14)27-15-4-1-12(2-5-15)17-25-18(28-26-17)13-7-9-23-10-8-13/h1-11H. The molecule has 0 fully saturated rings. The van der Waals surface area contributed by atoms with E-state index in [0.717, 1.165) is 23.9 Å². The van der Waals surface area contributed by atoms with Crippen molar-refractivity contribution in [2.45, 2.75) is 6.18 Å². The van der Waals surface area contributed by atoms with E-state index in [4.69, 9.17) is 9.26 Å². The van der Waals surface area contributed by atoms with Gasteiger partial charge in [-0.2, -0.15) is 18.2 Å². The van der Waals surface area contributed by atoms with Gasteiger partial charge in [-0.25, -0.2) is 4.98 Å². The maximum absolute atomic E-state index is 12.6. The number of hydrogen-bond acceptors (Lipinski definition) is 6. The summed E-state index contributed by atoms with van der Waals surface area (Å²) in [6.07, 6.45) is -0.461. The lowest BCUT2D eigenvalue weighted by Crippen LogP contribution is -2.05. The summed E-state index contributed by atoms with van der Waals surface area (Å²) in [7, 11) is 0. The molecular weight excluding hydrogens is 373 g/mol. The molecule has 0 aliphatic rings. The molecule has 9 heteroatoms. The Balaban J connectivity index is 1.48. The summed E-state index contributed by atoms with van der Waals surface area (Å²) in [5, 5.41) is 3.94. The normalized spacial score (nSPS) is 11.4. The van der Waals surface area contributed by atoms with E-state index >= 15 is 0 Å². The van der Waals surface area contributed by atoms with Crippen molar-refractivity contribution in [3.63, 3.8) is 0 Å². The highest BCUT2D eigenvalue weighted by Crippen LogP contribution is 2.30. The predicted molar refractivity (Wildman–Crippen MR) is 92.3 cm³/mol. The molecule has 4 rings (SSSR count). The highest BCUT2D eigenvalue weighted by molar-refractivity contribution is 5.60. The maximum Gasteiger partial charge on any atom is 0.417 e. The molecule has 0 unspecified atom stereocenters. The van der Waals surface area contributed by atoms with Gasteiger partial charge in [0.15, 0.2) is 0 Å². The lowest BCUT2D eigenvalue weighted by atomic mass is 10.2. The van der Waals surface area contributed by atoms with Crippen LogP contribution in [-0.2, 0) is 6.18 Å². The van der Waals surface area contributed by atoms with Gasteiger partial charge in [0, 0.05) is 35.8 Å². The highest BCUT2D eigenvalue weighted by Gasteiger charge is 2.30. The quantitative estimate of drug-likeness (QED) is 0.493. The Hall–Kier alpha value is -3.75. The lowest BCUT2D eigenvalue weighted by Gasteiger charge is -2.08. The number of halogens is 3. The van der Waals surface area contributed by atoms with Crippen LogP contribution < -0.4 is 4.74 Å². The second-order valence-electron chi connectivity index (χ2n) is 5.67. The van der Waals surface area contributed by atoms with E-state index < -0.39 is 11.7 Å². The van der Waals surface area contributed by atoms with Crippen molar-refractivity contribution >= 4 is 0 Å². The van der Waals surface area contributed by atoms with Gasteiger partial charge in [-0.15, -0.1) is 0 Å². The molecule has 0 N–H and O–H groups in total. The van der Waals surface area contributed by atoms with E-state index in [-0.39, 0.29) is 5.88 Å². The highest BCUT2D eigenvalue weighted by atomic mass is 19.4. The van der Waals surface area contributed by atoms with Crippen LogP contribution in [0.1, 0.15) is 5.56 Å². The van der Waals surface area contributed by atoms with Gasteiger partial charge in [0.2, 0.25) is 11.7 Å². The number of pyridine rings is 2. The minimum atomic E-state index is -4.44. The first kappa shape index (κ1) is 17.7. The van der Waals surface area contributed by atoms with Crippen LogP contribution in [0, 0.1) is 0 Å². The SMILES string of the molecule is FC(F)(F)c1ccc(Oc2ccc(-c3noc(-c4ccncc4)n3)cc2)nc1. The average Bonchev–Trinajstić information content (AvgIpc) is 3.19. The second kappa shape index (κ2) is 7.10. The first-order valence-electron chi connectivity index (χ1n) is 8.05. The van der Waals surface area contributed by atoms with Crippen molar-refractivity contribution in [1.82, 2.24) is 20.1 Å². The fraction of sp³-hybridized carbons (Fsp3) is 0.0526. The third kappa shape index (κ3) is 3.83. The van der Waals surface area contributed by atoms with Gasteiger partial charge in [-0.1, -0.05) is 5.16 Å². The Morgan fingerprint density at radius 2 is 1.61 bits per heavy atom. The Morgan fingerprint density at radius 1 is 0.857 bits per heavy atom. The summed E-state index contributed by atoms with van der Waals surface area (Å²) in [4.78, 5) is 11.9. The molecule has 0 saturated heterocycles. The minimum Gasteiger partial charge on any atom is -0.439 e. The van der Waals surface area contributed by atoms with Crippen molar-refractivity contribution < 1.29 is 22.4 Å². The molecule has 0 radical (unpaired) electrons. The summed E-state index contributed by atoms with van der Waals surface area (Å²) in [5.41, 5.74) is 0.608. The zero-order valence-corrected chi connectivity index (χ0v) is 14.1. The third-order valence-corrected chi connectivity index (χ3v) is 3.75. The summed E-state index contributed by atoms with van der Waals surface area (Å²) in [6.45, 7) is 0. The van der Waals surface area contributed by atoms with Gasteiger partial charge in [-0.3, -0.25) is 4.98 Å². The molecule has 0 bridgehead atoms. The first-order valence-corrected chi connectivity index (χ1v) is 8.05. The molecule has 0 amide bonds. The Labute approximate surface area is 156 Å². The van der Waals surface area contributed by atoms with Crippen LogP contribution in [0.5, 0.6) is 11.6 Å². The van der Waals surface area contributed by atoms with Gasteiger partial charge >= 0.3 is 6.18 Å². The van der Waals surface area contributed by atoms with Crippen LogP contribution in [-0.4, -0.2) is 20.1 Å². The van der Waals surface area contributed by atoms with Crippen LogP contribution in [0.3, 0.4) is 0 Å². The van der Waals surface area contributed by atoms with Crippen molar-refractivity contribution in [2.24, 2.45) is 0 Å². The number of nitrogens with zero attached hydrogens (tertiary/aromatic N) is 4. The topological polar surface area (TPSA) is 73.9 Å². The fourth-order valence-corrected chi connectivity index (χ4v) is 2.35. The first-order chi connectivity index (χ1) is 13.5. The molecule has 0 aliphatic heterocycles. The van der Waals surface area contributed by atoms with E-state index in [9.17, 15) is 13.2 Å². The molecule has 3 heterocycles. The lowest BCUT2D eigenvalue weighted by molar-refractivity contribution is -0.137. The Kier molecular flexibility index (Phi) is 4.48. The minimum absolute atomic E-state index is 0.0558. The average molecular weight is 384 g/mol. The number of aromatic nitrogens is 4. The Bertz CT molecular complexity index is 1060. The number of ether oxygens (including phenoxy) is 1. The van der Waals surface area contributed by atoms with Crippen molar-refractivity contribution in [3.8, 4) is 34.5 Å². The molecule has 1 aromatic carbocycles. The molecular formula is C19H11F3N4O2. The number of rotatable bonds is 4. The molecule has 3 aromatic heterocycles. The molecule has 6 nitrogen and oxygen atoms in total. The number of hydrogen-bond donors (Lipinski definition) is 0. The largest absolute Gasteiger partial charge is 0.439 e. The summed E-state index contributed by atoms with van der Waals surface area (Å²) < 4.78 is 48.4. The molecule has 140 valence electrons. The van der Waals surface area contributed by atoms with Crippen LogP contribution in [0.15, 0.2) is 71.6 Å². The number of benzene rings is 1. The molecule has 4 aromatic rings. The van der Waals surface area contributed by atoms with E-state index in [1.54, 1.807) is 48.8 Å². The van der Waals surface area contributed by atoms with Crippen LogP contribution in [0.4, 0.5) is 13.2 Å². The third-order valence-electron chi connectivity index (χ3n) is 3.75. The number of alkyl halides is 3. The van der Waals surface area contributed by atoms with Gasteiger partial charge in [0.25, 0.3) is 5.89 Å². The predicted octanol–water partition coefficient (Wildman–Crippen LogP) is 5.00. The zero-order valence-electron chi connectivity index (χ0n) is 14.1. The molecule has 0 atom stereocenters. The van der Waals surface area contributed by atoms with Crippen LogP contribution in [0.2, 0.25) is 0 Å². The molecule has 0 aliphatic carbocycles. The van der Waals surface area contributed by atoms with E-state index in [1.807, 2.05) is 0 Å². The summed E-state index contributed by atoms with van der Waals surface area (Å²) in [6, 6.07) is 12.3. The van der Waals surface area contributed by atoms with Crippen LogP contribution in [0.25, 0.3) is 22.8 Å². The summed E-state index contributed by atoms with van der Waals surface area (Å²) >= 11 is 0. The Morgan fingerprint density at radius 3 is 2.25 bits per heavy atom. The second-order valence-corrected chi connectivity index (χ2v) is 5.67. The molecule has 0 saturated carbocycles. The smallest absolute Gasteiger partial charge is 0.417 e. The molecule has 28 heavy (non-hydrogen) atoms. The van der Waals surface area contributed by atoms with Gasteiger partial charge in [-0.05, 0) is 42.5 Å². The van der Waals surface area contributed by atoms with E-state index in [2.05, 4.69) is 20.1 Å². The van der Waals surface area contributed by atoms with Gasteiger partial charge < -0.3 is 9.26 Å². The molecule has 0 spiro atoms. The van der Waals surface area contributed by atoms with Gasteiger partial charge in [0.05, 0.1) is 5.56 Å². The van der Waals surface area contributed by atoms with Crippen LogP contribution >= 0.6 is 0 Å². The van der Waals surface area contributed by atoms with Crippen molar-refractivity contribution in [1.29, 1.82) is 0 Å². The summed E-state index contributed by atoms with van der Waals surface area (Å²) in [5.74, 6) is 1.23. The zero-order chi connectivity index (χ0) is 19.6. The monoisotopic (exact) mass is 384 g/mol. The van der Waals surface area contributed by atoms with E-state index in [1.165, 1.54) is 0 Å².